The molecule has 13 heavy (non-hydrogen) atoms. The molecular formula is C11H15NO. The molecule has 1 aromatic carbocycles. The highest BCUT2D eigenvalue weighted by atomic mass is 16.5. The highest BCUT2D eigenvalue weighted by Crippen LogP contribution is 2.29. The lowest BCUT2D eigenvalue weighted by molar-refractivity contribution is 0.104. The predicted molar refractivity (Wildman–Crippen MR) is 52.5 cm³/mol. The fourth-order valence-electron chi connectivity index (χ4n) is 1.83. The average Bonchev–Trinajstić information content (AvgIpc) is 2.52. The summed E-state index contributed by atoms with van der Waals surface area (Å²) in [6, 6.07) is 8.45. The molecule has 2 atom stereocenters. The van der Waals surface area contributed by atoms with Crippen LogP contribution in [0, 0.1) is 6.92 Å². The van der Waals surface area contributed by atoms with Crippen molar-refractivity contribution in [3.05, 3.63) is 35.4 Å². The second kappa shape index (κ2) is 3.48. The molecule has 0 aliphatic carbocycles. The molecule has 0 spiro atoms. The third kappa shape index (κ3) is 1.60. The van der Waals surface area contributed by atoms with Gasteiger partial charge in [-0.15, -0.1) is 0 Å². The summed E-state index contributed by atoms with van der Waals surface area (Å²) in [5, 5.41) is 0. The maximum atomic E-state index is 5.95. The van der Waals surface area contributed by atoms with Crippen molar-refractivity contribution < 1.29 is 4.74 Å². The molecule has 0 radical (unpaired) electrons. The van der Waals surface area contributed by atoms with Crippen LogP contribution in [0.2, 0.25) is 0 Å². The van der Waals surface area contributed by atoms with Gasteiger partial charge in [0.15, 0.2) is 0 Å². The number of aryl methyl sites for hydroxylation is 1. The van der Waals surface area contributed by atoms with E-state index in [2.05, 4.69) is 19.1 Å². The van der Waals surface area contributed by atoms with E-state index in [1.54, 1.807) is 0 Å². The summed E-state index contributed by atoms with van der Waals surface area (Å²) in [4.78, 5) is 0. The van der Waals surface area contributed by atoms with Gasteiger partial charge in [-0.1, -0.05) is 24.3 Å². The van der Waals surface area contributed by atoms with Crippen molar-refractivity contribution in [1.82, 2.24) is 0 Å². The van der Waals surface area contributed by atoms with Crippen LogP contribution >= 0.6 is 0 Å². The quantitative estimate of drug-likeness (QED) is 0.709. The Morgan fingerprint density at radius 3 is 2.77 bits per heavy atom. The largest absolute Gasteiger partial charge is 0.372 e. The molecule has 0 aromatic heterocycles. The van der Waals surface area contributed by atoms with Crippen LogP contribution in [0.25, 0.3) is 0 Å². The van der Waals surface area contributed by atoms with Gasteiger partial charge < -0.3 is 10.5 Å². The summed E-state index contributed by atoms with van der Waals surface area (Å²) < 4.78 is 5.61. The molecule has 0 amide bonds. The highest BCUT2D eigenvalue weighted by Gasteiger charge is 2.26. The third-order valence-electron chi connectivity index (χ3n) is 2.63. The summed E-state index contributed by atoms with van der Waals surface area (Å²) in [5.41, 5.74) is 8.47. The Hall–Kier alpha value is -0.860. The van der Waals surface area contributed by atoms with Crippen LogP contribution in [0.15, 0.2) is 24.3 Å². The molecule has 1 fully saturated rings. The van der Waals surface area contributed by atoms with Gasteiger partial charge in [0.2, 0.25) is 0 Å². The van der Waals surface area contributed by atoms with E-state index in [0.717, 1.165) is 13.0 Å². The standard InChI is InChI=1S/C11H15NO/c1-8-4-2-3-5-9(8)11-10(12)6-7-13-11/h2-5,10-11H,6-7,12H2,1H3. The fraction of sp³-hybridized carbons (Fsp3) is 0.455. The van der Waals surface area contributed by atoms with E-state index >= 15 is 0 Å². The van der Waals surface area contributed by atoms with Crippen molar-refractivity contribution >= 4 is 0 Å². The summed E-state index contributed by atoms with van der Waals surface area (Å²) in [6.45, 7) is 2.89. The first kappa shape index (κ1) is 8.73. The Morgan fingerprint density at radius 1 is 1.38 bits per heavy atom. The second-order valence-corrected chi connectivity index (χ2v) is 3.60. The minimum Gasteiger partial charge on any atom is -0.372 e. The van der Waals surface area contributed by atoms with Crippen LogP contribution in [-0.4, -0.2) is 12.6 Å². The van der Waals surface area contributed by atoms with Crippen LogP contribution in [0.5, 0.6) is 0 Å². The van der Waals surface area contributed by atoms with Crippen LogP contribution in [0.1, 0.15) is 23.7 Å². The molecule has 2 rings (SSSR count). The molecule has 1 aromatic rings. The predicted octanol–water partition coefficient (Wildman–Crippen LogP) is 1.78. The normalized spacial score (nSPS) is 27.8. The van der Waals surface area contributed by atoms with Gasteiger partial charge in [-0.3, -0.25) is 0 Å². The summed E-state index contributed by atoms with van der Waals surface area (Å²) >= 11 is 0. The van der Waals surface area contributed by atoms with E-state index in [4.69, 9.17) is 10.5 Å². The van der Waals surface area contributed by atoms with Gasteiger partial charge in [0.1, 0.15) is 0 Å². The lowest BCUT2D eigenvalue weighted by Crippen LogP contribution is -2.23. The number of nitrogens with two attached hydrogens (primary N) is 1. The molecule has 70 valence electrons. The fourth-order valence-corrected chi connectivity index (χ4v) is 1.83. The minimum absolute atomic E-state index is 0.112. The maximum absolute atomic E-state index is 5.95. The highest BCUT2D eigenvalue weighted by molar-refractivity contribution is 5.29. The van der Waals surface area contributed by atoms with E-state index in [-0.39, 0.29) is 12.1 Å². The average molecular weight is 177 g/mol. The molecule has 1 saturated heterocycles. The molecule has 0 bridgehead atoms. The van der Waals surface area contributed by atoms with E-state index in [1.165, 1.54) is 11.1 Å². The topological polar surface area (TPSA) is 35.2 Å². The van der Waals surface area contributed by atoms with Crippen molar-refractivity contribution in [1.29, 1.82) is 0 Å². The van der Waals surface area contributed by atoms with Crippen molar-refractivity contribution in [3.8, 4) is 0 Å². The third-order valence-corrected chi connectivity index (χ3v) is 2.63. The molecule has 2 nitrogen and oxygen atoms in total. The Kier molecular flexibility index (Phi) is 2.34. The molecule has 0 saturated carbocycles. The monoisotopic (exact) mass is 177 g/mol. The molecule has 1 heterocycles. The van der Waals surface area contributed by atoms with E-state index < -0.39 is 0 Å². The summed E-state index contributed by atoms with van der Waals surface area (Å²) in [6.07, 6.45) is 1.08. The second-order valence-electron chi connectivity index (χ2n) is 3.60. The van der Waals surface area contributed by atoms with Gasteiger partial charge >= 0.3 is 0 Å². The number of hydrogen-bond donors (Lipinski definition) is 1. The Balaban J connectivity index is 2.29. The van der Waals surface area contributed by atoms with Crippen LogP contribution in [0.4, 0.5) is 0 Å². The molecule has 1 aliphatic rings. The zero-order valence-corrected chi connectivity index (χ0v) is 7.86. The van der Waals surface area contributed by atoms with Gasteiger partial charge in [0.05, 0.1) is 6.10 Å². The first-order valence-electron chi connectivity index (χ1n) is 4.72. The van der Waals surface area contributed by atoms with Crippen LogP contribution in [-0.2, 0) is 4.74 Å². The van der Waals surface area contributed by atoms with Crippen molar-refractivity contribution in [2.75, 3.05) is 6.61 Å². The molecule has 1 aliphatic heterocycles. The smallest absolute Gasteiger partial charge is 0.0979 e. The molecule has 2 N–H and O–H groups in total. The summed E-state index contributed by atoms with van der Waals surface area (Å²) in [5.74, 6) is 0. The number of benzene rings is 1. The molecule has 2 unspecified atom stereocenters. The Bertz CT molecular complexity index is 298. The number of rotatable bonds is 1. The molecular weight excluding hydrogens is 162 g/mol. The minimum atomic E-state index is 0.112. The molecule has 2 heteroatoms. The lowest BCUT2D eigenvalue weighted by atomic mass is 9.99. The van der Waals surface area contributed by atoms with E-state index in [9.17, 15) is 0 Å². The Labute approximate surface area is 78.7 Å². The van der Waals surface area contributed by atoms with E-state index in [0.29, 0.717) is 0 Å². The zero-order valence-electron chi connectivity index (χ0n) is 7.86. The van der Waals surface area contributed by atoms with Gasteiger partial charge in [-0.2, -0.15) is 0 Å². The number of hydrogen-bond acceptors (Lipinski definition) is 2. The van der Waals surface area contributed by atoms with Gasteiger partial charge in [-0.25, -0.2) is 0 Å². The first-order chi connectivity index (χ1) is 6.29. The van der Waals surface area contributed by atoms with Gasteiger partial charge in [0.25, 0.3) is 0 Å². The Morgan fingerprint density at radius 2 is 2.15 bits per heavy atom. The number of ether oxygens (including phenoxy) is 1. The van der Waals surface area contributed by atoms with E-state index in [1.807, 2.05) is 12.1 Å². The lowest BCUT2D eigenvalue weighted by Gasteiger charge is -2.16. The van der Waals surface area contributed by atoms with Crippen molar-refractivity contribution in [3.63, 3.8) is 0 Å². The van der Waals surface area contributed by atoms with Gasteiger partial charge in [-0.05, 0) is 24.5 Å². The maximum Gasteiger partial charge on any atom is 0.0979 e. The van der Waals surface area contributed by atoms with Crippen LogP contribution in [0.3, 0.4) is 0 Å². The van der Waals surface area contributed by atoms with Gasteiger partial charge in [0, 0.05) is 12.6 Å². The van der Waals surface area contributed by atoms with Crippen LogP contribution < -0.4 is 5.73 Å². The zero-order chi connectivity index (χ0) is 9.26. The van der Waals surface area contributed by atoms with Crippen molar-refractivity contribution in [2.24, 2.45) is 5.73 Å². The first-order valence-corrected chi connectivity index (χ1v) is 4.72. The summed E-state index contributed by atoms with van der Waals surface area (Å²) in [7, 11) is 0. The van der Waals surface area contributed by atoms with Crippen molar-refractivity contribution in [2.45, 2.75) is 25.5 Å². The SMILES string of the molecule is Cc1ccccc1C1OCCC1N.